The maximum atomic E-state index is 12.4. The summed E-state index contributed by atoms with van der Waals surface area (Å²) in [4.78, 5) is 24.9. The second kappa shape index (κ2) is 11.4. The Labute approximate surface area is 204 Å². The standard InChI is InChI=1S/C27H28N4O2S/c32-25(28-19-21-9-3-1-4-10-21)15-17-30-23-13-7-8-14-24(23)31(27(30)34)18-16-26(33)29-20-22-11-5-2-6-12-22/h1-14H,15-20H2,(H,28,32)(H,29,33). The number of nitrogens with one attached hydrogen (secondary N) is 2. The average Bonchev–Trinajstić information content (AvgIpc) is 3.15. The molecular formula is C27H28N4O2S. The number of aryl methyl sites for hydroxylation is 2. The van der Waals surface area contributed by atoms with E-state index in [1.165, 1.54) is 0 Å². The van der Waals surface area contributed by atoms with E-state index in [1.54, 1.807) is 0 Å². The molecule has 0 atom stereocenters. The summed E-state index contributed by atoms with van der Waals surface area (Å²) in [7, 11) is 0. The topological polar surface area (TPSA) is 68.1 Å². The molecule has 0 bridgehead atoms. The summed E-state index contributed by atoms with van der Waals surface area (Å²) in [6.45, 7) is 1.97. The van der Waals surface area contributed by atoms with Crippen LogP contribution in [0.1, 0.15) is 24.0 Å². The third-order valence-corrected chi connectivity index (χ3v) is 6.16. The van der Waals surface area contributed by atoms with Gasteiger partial charge in [-0.25, -0.2) is 0 Å². The van der Waals surface area contributed by atoms with Gasteiger partial charge >= 0.3 is 0 Å². The minimum atomic E-state index is -0.0251. The number of imidazole rings is 1. The van der Waals surface area contributed by atoms with Crippen molar-refractivity contribution in [2.75, 3.05) is 0 Å². The maximum absolute atomic E-state index is 12.4. The number of aromatic nitrogens is 2. The number of carbonyl (C=O) groups excluding carboxylic acids is 2. The molecule has 0 aliphatic carbocycles. The first kappa shape index (κ1) is 23.4. The van der Waals surface area contributed by atoms with Crippen LogP contribution in [0, 0.1) is 4.77 Å². The van der Waals surface area contributed by atoms with Gasteiger partial charge in [0, 0.05) is 39.0 Å². The third-order valence-electron chi connectivity index (χ3n) is 5.72. The van der Waals surface area contributed by atoms with Crippen molar-refractivity contribution in [2.24, 2.45) is 0 Å². The van der Waals surface area contributed by atoms with Gasteiger partial charge in [0.1, 0.15) is 0 Å². The molecule has 0 saturated heterocycles. The monoisotopic (exact) mass is 472 g/mol. The van der Waals surface area contributed by atoms with Crippen LogP contribution in [-0.2, 0) is 35.8 Å². The van der Waals surface area contributed by atoms with Crippen molar-refractivity contribution in [1.82, 2.24) is 19.8 Å². The van der Waals surface area contributed by atoms with E-state index >= 15 is 0 Å². The summed E-state index contributed by atoms with van der Waals surface area (Å²) in [5, 5.41) is 5.93. The predicted molar refractivity (Wildman–Crippen MR) is 137 cm³/mol. The lowest BCUT2D eigenvalue weighted by atomic mass is 10.2. The quantitative estimate of drug-likeness (QED) is 0.332. The molecule has 0 fully saturated rings. The Hall–Kier alpha value is -3.71. The molecule has 7 heteroatoms. The van der Waals surface area contributed by atoms with Gasteiger partial charge in [-0.15, -0.1) is 0 Å². The van der Waals surface area contributed by atoms with E-state index in [4.69, 9.17) is 12.2 Å². The molecule has 1 heterocycles. The highest BCUT2D eigenvalue weighted by atomic mass is 32.1. The highest BCUT2D eigenvalue weighted by Gasteiger charge is 2.13. The van der Waals surface area contributed by atoms with Crippen LogP contribution in [0.5, 0.6) is 0 Å². The van der Waals surface area contributed by atoms with Crippen LogP contribution in [0.4, 0.5) is 0 Å². The van der Waals surface area contributed by atoms with Gasteiger partial charge in [0.25, 0.3) is 0 Å². The lowest BCUT2D eigenvalue weighted by Crippen LogP contribution is -2.24. The summed E-state index contributed by atoms with van der Waals surface area (Å²) >= 11 is 5.74. The van der Waals surface area contributed by atoms with Crippen molar-refractivity contribution in [1.29, 1.82) is 0 Å². The minimum absolute atomic E-state index is 0.0251. The Morgan fingerprint density at radius 1 is 0.618 bits per heavy atom. The minimum Gasteiger partial charge on any atom is -0.352 e. The molecule has 1 aromatic heterocycles. The van der Waals surface area contributed by atoms with E-state index in [1.807, 2.05) is 94.1 Å². The van der Waals surface area contributed by atoms with E-state index in [0.717, 1.165) is 22.2 Å². The molecule has 2 N–H and O–H groups in total. The van der Waals surface area contributed by atoms with Crippen molar-refractivity contribution in [3.05, 3.63) is 101 Å². The first-order chi connectivity index (χ1) is 16.6. The number of para-hydroxylation sites is 2. The molecule has 0 saturated carbocycles. The molecule has 0 aliphatic heterocycles. The molecule has 3 aromatic carbocycles. The highest BCUT2D eigenvalue weighted by molar-refractivity contribution is 7.71. The number of benzene rings is 3. The smallest absolute Gasteiger partial charge is 0.222 e. The molecular weight excluding hydrogens is 444 g/mol. The predicted octanol–water partition coefficient (Wildman–Crippen LogP) is 4.59. The number of hydrogen-bond acceptors (Lipinski definition) is 3. The second-order valence-corrected chi connectivity index (χ2v) is 8.46. The Morgan fingerprint density at radius 2 is 1.00 bits per heavy atom. The SMILES string of the molecule is O=C(CCn1c(=S)n(CCC(=O)NCc2ccccc2)c2ccccc21)NCc1ccccc1. The fourth-order valence-electron chi connectivity index (χ4n) is 3.90. The van der Waals surface area contributed by atoms with Crippen molar-refractivity contribution in [3.63, 3.8) is 0 Å². The van der Waals surface area contributed by atoms with Crippen molar-refractivity contribution in [2.45, 2.75) is 39.0 Å². The van der Waals surface area contributed by atoms with Crippen LogP contribution in [0.25, 0.3) is 11.0 Å². The van der Waals surface area contributed by atoms with Crippen LogP contribution in [-0.4, -0.2) is 20.9 Å². The van der Waals surface area contributed by atoms with Gasteiger partial charge in [-0.2, -0.15) is 0 Å². The molecule has 0 spiro atoms. The summed E-state index contributed by atoms with van der Waals surface area (Å²) in [5.41, 5.74) is 4.06. The number of hydrogen-bond donors (Lipinski definition) is 2. The van der Waals surface area contributed by atoms with E-state index in [9.17, 15) is 9.59 Å². The second-order valence-electron chi connectivity index (χ2n) is 8.10. The Morgan fingerprint density at radius 3 is 1.41 bits per heavy atom. The maximum Gasteiger partial charge on any atom is 0.222 e. The van der Waals surface area contributed by atoms with Crippen LogP contribution < -0.4 is 10.6 Å². The summed E-state index contributed by atoms with van der Waals surface area (Å²) in [6, 6.07) is 27.6. The number of fused-ring (bicyclic) bond motifs is 1. The van der Waals surface area contributed by atoms with Crippen LogP contribution >= 0.6 is 12.2 Å². The van der Waals surface area contributed by atoms with Crippen LogP contribution in [0.2, 0.25) is 0 Å². The molecule has 4 aromatic rings. The van der Waals surface area contributed by atoms with Crippen molar-refractivity contribution < 1.29 is 9.59 Å². The average molecular weight is 473 g/mol. The van der Waals surface area contributed by atoms with Gasteiger partial charge in [0.2, 0.25) is 11.8 Å². The van der Waals surface area contributed by atoms with E-state index in [-0.39, 0.29) is 11.8 Å². The van der Waals surface area contributed by atoms with Gasteiger partial charge < -0.3 is 19.8 Å². The lowest BCUT2D eigenvalue weighted by molar-refractivity contribution is -0.122. The number of nitrogens with zero attached hydrogens (tertiary/aromatic N) is 2. The van der Waals surface area contributed by atoms with Crippen LogP contribution in [0.3, 0.4) is 0 Å². The van der Waals surface area contributed by atoms with Gasteiger partial charge in [-0.05, 0) is 35.5 Å². The Kier molecular flexibility index (Phi) is 7.88. The molecule has 174 valence electrons. The molecule has 4 rings (SSSR count). The summed E-state index contributed by atoms with van der Waals surface area (Å²) in [5.74, 6) is -0.0502. The number of carbonyl (C=O) groups is 2. The van der Waals surface area contributed by atoms with Gasteiger partial charge in [-0.1, -0.05) is 72.8 Å². The lowest BCUT2D eigenvalue weighted by Gasteiger charge is -2.08. The molecule has 0 radical (unpaired) electrons. The van der Waals surface area contributed by atoms with Crippen molar-refractivity contribution >= 4 is 35.1 Å². The third kappa shape index (κ3) is 5.99. The van der Waals surface area contributed by atoms with Gasteiger partial charge in [0.15, 0.2) is 4.77 Å². The summed E-state index contributed by atoms with van der Waals surface area (Å²) < 4.78 is 4.58. The normalized spacial score (nSPS) is 10.8. The molecule has 34 heavy (non-hydrogen) atoms. The van der Waals surface area contributed by atoms with Gasteiger partial charge in [-0.3, -0.25) is 9.59 Å². The molecule has 0 aliphatic rings. The summed E-state index contributed by atoms with van der Waals surface area (Å²) in [6.07, 6.45) is 0.652. The number of amides is 2. The molecule has 2 amide bonds. The number of rotatable bonds is 10. The Balaban J connectivity index is 1.37. The molecule has 0 unspecified atom stereocenters. The fourth-order valence-corrected chi connectivity index (χ4v) is 4.28. The van der Waals surface area contributed by atoms with E-state index in [0.29, 0.717) is 43.8 Å². The zero-order chi connectivity index (χ0) is 23.8. The van der Waals surface area contributed by atoms with E-state index in [2.05, 4.69) is 10.6 Å². The van der Waals surface area contributed by atoms with Gasteiger partial charge in [0.05, 0.1) is 11.0 Å². The van der Waals surface area contributed by atoms with Crippen molar-refractivity contribution in [3.8, 4) is 0 Å². The first-order valence-electron chi connectivity index (χ1n) is 11.4. The zero-order valence-corrected chi connectivity index (χ0v) is 19.8. The highest BCUT2D eigenvalue weighted by Crippen LogP contribution is 2.19. The fraction of sp³-hybridized carbons (Fsp3) is 0.222. The molecule has 6 nitrogen and oxygen atoms in total. The Bertz CT molecular complexity index is 1210. The van der Waals surface area contributed by atoms with E-state index < -0.39 is 0 Å². The first-order valence-corrected chi connectivity index (χ1v) is 11.8. The zero-order valence-electron chi connectivity index (χ0n) is 18.9. The largest absolute Gasteiger partial charge is 0.352 e. The van der Waals surface area contributed by atoms with Crippen LogP contribution in [0.15, 0.2) is 84.9 Å².